The highest BCUT2D eigenvalue weighted by Gasteiger charge is 2.38. The van der Waals surface area contributed by atoms with Gasteiger partial charge in [0, 0.05) is 8.95 Å². The Kier molecular flexibility index (Phi) is 4.23. The van der Waals surface area contributed by atoms with E-state index in [1.165, 1.54) is 0 Å². The molecule has 0 aliphatic carbocycles. The normalized spacial score (nSPS) is 15.1. The number of amides is 4. The van der Waals surface area contributed by atoms with Crippen molar-refractivity contribution in [1.29, 1.82) is 0 Å². The summed E-state index contributed by atoms with van der Waals surface area (Å²) in [5.41, 5.74) is 2.03. The average molecular weight is 526 g/mol. The summed E-state index contributed by atoms with van der Waals surface area (Å²) in [7, 11) is 0. The third-order valence-electron chi connectivity index (χ3n) is 5.06. The molecular formula is C22H10Br2N2O4. The van der Waals surface area contributed by atoms with Crippen LogP contribution in [0.2, 0.25) is 0 Å². The number of carbonyl (C=O) groups is 4. The molecule has 0 saturated carbocycles. The molecule has 0 radical (unpaired) electrons. The number of rotatable bonds is 2. The molecule has 5 rings (SSSR count). The van der Waals surface area contributed by atoms with Gasteiger partial charge in [0.1, 0.15) is 0 Å². The number of hydrogen-bond donors (Lipinski definition) is 0. The van der Waals surface area contributed by atoms with Crippen molar-refractivity contribution in [3.05, 3.63) is 91.9 Å². The quantitative estimate of drug-likeness (QED) is 0.450. The summed E-state index contributed by atoms with van der Waals surface area (Å²) in [6.45, 7) is 0. The zero-order valence-electron chi connectivity index (χ0n) is 15.1. The maximum absolute atomic E-state index is 12.7. The molecule has 3 aromatic rings. The molecule has 0 saturated heterocycles. The zero-order chi connectivity index (χ0) is 21.2. The van der Waals surface area contributed by atoms with Crippen molar-refractivity contribution in [1.82, 2.24) is 0 Å². The number of imide groups is 2. The van der Waals surface area contributed by atoms with Crippen molar-refractivity contribution in [3.8, 4) is 0 Å². The van der Waals surface area contributed by atoms with Crippen LogP contribution in [-0.4, -0.2) is 23.6 Å². The first-order valence-electron chi connectivity index (χ1n) is 8.83. The number of anilines is 2. The molecule has 0 spiro atoms. The highest BCUT2D eigenvalue weighted by Crippen LogP contribution is 2.34. The van der Waals surface area contributed by atoms with Gasteiger partial charge < -0.3 is 0 Å². The maximum atomic E-state index is 12.7. The lowest BCUT2D eigenvalue weighted by Crippen LogP contribution is -2.30. The van der Waals surface area contributed by atoms with Crippen LogP contribution in [0.1, 0.15) is 41.4 Å². The van der Waals surface area contributed by atoms with Gasteiger partial charge in [-0.25, -0.2) is 9.80 Å². The summed E-state index contributed by atoms with van der Waals surface area (Å²) in [6.07, 6.45) is 0. The predicted octanol–water partition coefficient (Wildman–Crippen LogP) is 4.81. The minimum atomic E-state index is -0.422. The summed E-state index contributed by atoms with van der Waals surface area (Å²) in [4.78, 5) is 53.1. The largest absolute Gasteiger partial charge is 0.268 e. The number of benzene rings is 3. The number of halogens is 2. The standard InChI is InChI=1S/C22H10Br2N2O4/c23-11-1-7-15-17(9-11)21(29)25(19(15)27)13-3-5-14(6-4-13)26-20(28)16-8-2-12(24)10-18(16)22(26)30/h1-10H. The van der Waals surface area contributed by atoms with Gasteiger partial charge in [-0.05, 0) is 60.7 Å². The molecule has 2 aliphatic heterocycles. The molecular weight excluding hydrogens is 516 g/mol. The van der Waals surface area contributed by atoms with Crippen LogP contribution in [0.15, 0.2) is 69.6 Å². The Morgan fingerprint density at radius 1 is 0.467 bits per heavy atom. The minimum absolute atomic E-state index is 0.323. The van der Waals surface area contributed by atoms with Crippen molar-refractivity contribution in [2.45, 2.75) is 0 Å². The van der Waals surface area contributed by atoms with E-state index >= 15 is 0 Å². The third kappa shape index (κ3) is 2.68. The van der Waals surface area contributed by atoms with E-state index in [9.17, 15) is 19.2 Å². The van der Waals surface area contributed by atoms with Gasteiger partial charge in [0.2, 0.25) is 0 Å². The average Bonchev–Trinajstić information content (AvgIpc) is 3.12. The predicted molar refractivity (Wildman–Crippen MR) is 117 cm³/mol. The molecule has 0 fully saturated rings. The van der Waals surface area contributed by atoms with Crippen LogP contribution in [0, 0.1) is 0 Å². The summed E-state index contributed by atoms with van der Waals surface area (Å²) in [5, 5.41) is 0. The Morgan fingerprint density at radius 3 is 1.17 bits per heavy atom. The van der Waals surface area contributed by atoms with Crippen LogP contribution < -0.4 is 9.80 Å². The van der Waals surface area contributed by atoms with Crippen molar-refractivity contribution in [3.63, 3.8) is 0 Å². The fourth-order valence-corrected chi connectivity index (χ4v) is 4.37. The molecule has 8 heteroatoms. The van der Waals surface area contributed by atoms with E-state index in [2.05, 4.69) is 31.9 Å². The molecule has 6 nitrogen and oxygen atoms in total. The monoisotopic (exact) mass is 524 g/mol. The number of nitrogens with zero attached hydrogens (tertiary/aromatic N) is 2. The Morgan fingerprint density at radius 2 is 0.800 bits per heavy atom. The van der Waals surface area contributed by atoms with Gasteiger partial charge in [-0.15, -0.1) is 0 Å². The van der Waals surface area contributed by atoms with Crippen molar-refractivity contribution in [2.24, 2.45) is 0 Å². The molecule has 3 aromatic carbocycles. The highest BCUT2D eigenvalue weighted by molar-refractivity contribution is 9.10. The Hall–Kier alpha value is -3.10. The van der Waals surface area contributed by atoms with E-state index in [1.807, 2.05) is 0 Å². The number of carbonyl (C=O) groups excluding carboxylic acids is 4. The fourth-order valence-electron chi connectivity index (χ4n) is 3.65. The van der Waals surface area contributed by atoms with Gasteiger partial charge in [-0.2, -0.15) is 0 Å². The van der Waals surface area contributed by atoms with Crippen LogP contribution in [-0.2, 0) is 0 Å². The third-order valence-corrected chi connectivity index (χ3v) is 6.05. The SMILES string of the molecule is O=C1c2ccc(Br)cc2C(=O)N1c1ccc(N2C(=O)c3ccc(Br)cc3C2=O)cc1. The second-order valence-electron chi connectivity index (χ2n) is 6.79. The van der Waals surface area contributed by atoms with Gasteiger partial charge >= 0.3 is 0 Å². The summed E-state index contributed by atoms with van der Waals surface area (Å²) < 4.78 is 1.41. The first-order valence-corrected chi connectivity index (χ1v) is 10.4. The van der Waals surface area contributed by atoms with Gasteiger partial charge in [-0.1, -0.05) is 31.9 Å². The van der Waals surface area contributed by atoms with E-state index in [0.29, 0.717) is 42.6 Å². The number of hydrogen-bond acceptors (Lipinski definition) is 4. The molecule has 4 amide bonds. The van der Waals surface area contributed by atoms with Crippen molar-refractivity contribution >= 4 is 66.9 Å². The van der Waals surface area contributed by atoms with Crippen molar-refractivity contribution in [2.75, 3.05) is 9.80 Å². The summed E-state index contributed by atoms with van der Waals surface area (Å²) in [6, 6.07) is 16.0. The zero-order valence-corrected chi connectivity index (χ0v) is 18.2. The van der Waals surface area contributed by atoms with Gasteiger partial charge in [0.25, 0.3) is 23.6 Å². The second-order valence-corrected chi connectivity index (χ2v) is 8.62. The van der Waals surface area contributed by atoms with E-state index in [4.69, 9.17) is 0 Å². The van der Waals surface area contributed by atoms with Crippen LogP contribution in [0.3, 0.4) is 0 Å². The maximum Gasteiger partial charge on any atom is 0.266 e. The molecule has 0 bridgehead atoms. The molecule has 146 valence electrons. The molecule has 0 unspecified atom stereocenters. The Labute approximate surface area is 187 Å². The van der Waals surface area contributed by atoms with Crippen LogP contribution in [0.25, 0.3) is 0 Å². The number of fused-ring (bicyclic) bond motifs is 2. The lowest BCUT2D eigenvalue weighted by Gasteiger charge is -2.17. The topological polar surface area (TPSA) is 74.8 Å². The first kappa shape index (κ1) is 18.9. The van der Waals surface area contributed by atoms with E-state index < -0.39 is 23.6 Å². The van der Waals surface area contributed by atoms with Gasteiger partial charge in [0.15, 0.2) is 0 Å². The molecule has 0 aromatic heterocycles. The van der Waals surface area contributed by atoms with Gasteiger partial charge in [-0.3, -0.25) is 19.2 Å². The van der Waals surface area contributed by atoms with Crippen molar-refractivity contribution < 1.29 is 19.2 Å². The van der Waals surface area contributed by atoms with E-state index in [0.717, 1.165) is 9.80 Å². The Bertz CT molecular complexity index is 1200. The van der Waals surface area contributed by atoms with Crippen LogP contribution >= 0.6 is 31.9 Å². The second kappa shape index (κ2) is 6.72. The van der Waals surface area contributed by atoms with E-state index in [-0.39, 0.29) is 0 Å². The summed E-state index contributed by atoms with van der Waals surface area (Å²) >= 11 is 6.62. The first-order chi connectivity index (χ1) is 14.4. The van der Waals surface area contributed by atoms with Gasteiger partial charge in [0.05, 0.1) is 33.6 Å². The molecule has 0 N–H and O–H groups in total. The van der Waals surface area contributed by atoms with Crippen LogP contribution in [0.4, 0.5) is 11.4 Å². The smallest absolute Gasteiger partial charge is 0.266 e. The summed E-state index contributed by atoms with van der Waals surface area (Å²) in [5.74, 6) is -1.68. The Balaban J connectivity index is 1.48. The molecule has 0 atom stereocenters. The molecule has 30 heavy (non-hydrogen) atoms. The molecule has 2 aliphatic rings. The lowest BCUT2D eigenvalue weighted by atomic mass is 10.1. The highest BCUT2D eigenvalue weighted by atomic mass is 79.9. The fraction of sp³-hybridized carbons (Fsp3) is 0. The van der Waals surface area contributed by atoms with Crippen LogP contribution in [0.5, 0.6) is 0 Å². The molecule has 2 heterocycles. The minimum Gasteiger partial charge on any atom is -0.268 e. The lowest BCUT2D eigenvalue weighted by molar-refractivity contribution is 0.0909. The van der Waals surface area contributed by atoms with E-state index in [1.54, 1.807) is 60.7 Å².